The SMILES string of the molecule is COC(=O)C1(C)CCNC1.Cl. The number of carbonyl (C=O) groups is 1. The summed E-state index contributed by atoms with van der Waals surface area (Å²) in [6, 6.07) is 0. The summed E-state index contributed by atoms with van der Waals surface area (Å²) in [5.41, 5.74) is -0.269. The lowest BCUT2D eigenvalue weighted by atomic mass is 9.90. The van der Waals surface area contributed by atoms with Crippen molar-refractivity contribution in [1.29, 1.82) is 0 Å². The predicted octanol–water partition coefficient (Wildman–Crippen LogP) is 0.581. The number of ether oxygens (including phenoxy) is 1. The molecule has 0 radical (unpaired) electrons. The van der Waals surface area contributed by atoms with E-state index >= 15 is 0 Å². The molecule has 0 aromatic heterocycles. The lowest BCUT2D eigenvalue weighted by molar-refractivity contribution is -0.150. The summed E-state index contributed by atoms with van der Waals surface area (Å²) < 4.78 is 4.66. The summed E-state index contributed by atoms with van der Waals surface area (Å²) in [4.78, 5) is 11.1. The fourth-order valence-corrected chi connectivity index (χ4v) is 1.24. The van der Waals surface area contributed by atoms with Crippen LogP contribution >= 0.6 is 12.4 Å². The highest BCUT2D eigenvalue weighted by molar-refractivity contribution is 5.85. The first-order chi connectivity index (χ1) is 4.69. The van der Waals surface area contributed by atoms with Gasteiger partial charge in [-0.3, -0.25) is 4.79 Å². The Hall–Kier alpha value is -0.280. The van der Waals surface area contributed by atoms with Crippen molar-refractivity contribution in [2.75, 3.05) is 20.2 Å². The van der Waals surface area contributed by atoms with Crippen molar-refractivity contribution in [1.82, 2.24) is 5.32 Å². The first-order valence-electron chi connectivity index (χ1n) is 3.48. The number of hydrogen-bond donors (Lipinski definition) is 1. The van der Waals surface area contributed by atoms with Crippen LogP contribution < -0.4 is 5.32 Å². The Morgan fingerprint density at radius 1 is 1.64 bits per heavy atom. The largest absolute Gasteiger partial charge is 0.469 e. The van der Waals surface area contributed by atoms with Crippen LogP contribution in [0, 0.1) is 5.41 Å². The first kappa shape index (κ1) is 10.7. The van der Waals surface area contributed by atoms with Crippen LogP contribution in [0.1, 0.15) is 13.3 Å². The van der Waals surface area contributed by atoms with Crippen molar-refractivity contribution in [3.05, 3.63) is 0 Å². The van der Waals surface area contributed by atoms with Gasteiger partial charge in [0.05, 0.1) is 12.5 Å². The number of nitrogens with one attached hydrogen (secondary N) is 1. The summed E-state index contributed by atoms with van der Waals surface area (Å²) in [7, 11) is 1.44. The molecule has 0 aliphatic carbocycles. The second-order valence-corrected chi connectivity index (χ2v) is 2.98. The van der Waals surface area contributed by atoms with Gasteiger partial charge >= 0.3 is 5.97 Å². The molecule has 1 heterocycles. The molecule has 1 aliphatic rings. The van der Waals surface area contributed by atoms with E-state index in [4.69, 9.17) is 0 Å². The molecular weight excluding hydrogens is 166 g/mol. The van der Waals surface area contributed by atoms with E-state index in [2.05, 4.69) is 10.1 Å². The highest BCUT2D eigenvalue weighted by atomic mass is 35.5. The van der Waals surface area contributed by atoms with Crippen LogP contribution in [0.5, 0.6) is 0 Å². The zero-order valence-corrected chi connectivity index (χ0v) is 7.66. The maximum Gasteiger partial charge on any atom is 0.312 e. The lowest BCUT2D eigenvalue weighted by Crippen LogP contribution is -2.31. The van der Waals surface area contributed by atoms with Gasteiger partial charge in [-0.2, -0.15) is 0 Å². The van der Waals surface area contributed by atoms with Crippen molar-refractivity contribution < 1.29 is 9.53 Å². The summed E-state index contributed by atoms with van der Waals surface area (Å²) in [6.07, 6.45) is 0.889. The standard InChI is InChI=1S/C7H13NO2.ClH/c1-7(6(9)10-2)3-4-8-5-7;/h8H,3-5H2,1-2H3;1H. The maximum atomic E-state index is 11.1. The molecule has 1 unspecified atom stereocenters. The number of halogens is 1. The van der Waals surface area contributed by atoms with Crippen LogP contribution in [-0.2, 0) is 9.53 Å². The second-order valence-electron chi connectivity index (χ2n) is 2.98. The molecule has 1 N–H and O–H groups in total. The summed E-state index contributed by atoms with van der Waals surface area (Å²) >= 11 is 0. The monoisotopic (exact) mass is 179 g/mol. The van der Waals surface area contributed by atoms with Gasteiger partial charge in [-0.05, 0) is 19.9 Å². The van der Waals surface area contributed by atoms with Crippen LogP contribution in [0.25, 0.3) is 0 Å². The molecule has 3 nitrogen and oxygen atoms in total. The molecule has 0 aromatic carbocycles. The van der Waals surface area contributed by atoms with Crippen LogP contribution in [0.3, 0.4) is 0 Å². The van der Waals surface area contributed by atoms with E-state index < -0.39 is 0 Å². The molecule has 0 bridgehead atoms. The third kappa shape index (κ3) is 2.07. The fraction of sp³-hybridized carbons (Fsp3) is 0.857. The topological polar surface area (TPSA) is 38.3 Å². The van der Waals surface area contributed by atoms with E-state index in [1.165, 1.54) is 7.11 Å². The Kier molecular flexibility index (Phi) is 3.83. The van der Waals surface area contributed by atoms with E-state index in [9.17, 15) is 4.79 Å². The molecule has 0 spiro atoms. The minimum Gasteiger partial charge on any atom is -0.469 e. The molecule has 4 heteroatoms. The number of carbonyl (C=O) groups excluding carboxylic acids is 1. The smallest absolute Gasteiger partial charge is 0.312 e. The molecule has 0 saturated carbocycles. The van der Waals surface area contributed by atoms with E-state index in [0.29, 0.717) is 0 Å². The van der Waals surface area contributed by atoms with Gasteiger partial charge in [0, 0.05) is 6.54 Å². The minimum atomic E-state index is -0.269. The Morgan fingerprint density at radius 3 is 2.64 bits per heavy atom. The number of esters is 1. The zero-order valence-electron chi connectivity index (χ0n) is 6.85. The minimum absolute atomic E-state index is 0. The third-order valence-corrected chi connectivity index (χ3v) is 2.05. The Morgan fingerprint density at radius 2 is 2.27 bits per heavy atom. The zero-order chi connectivity index (χ0) is 7.61. The van der Waals surface area contributed by atoms with Gasteiger partial charge in [-0.1, -0.05) is 0 Å². The Labute approximate surface area is 72.9 Å². The van der Waals surface area contributed by atoms with Gasteiger partial charge in [0.1, 0.15) is 0 Å². The molecule has 1 saturated heterocycles. The molecule has 0 amide bonds. The van der Waals surface area contributed by atoms with E-state index in [0.717, 1.165) is 19.5 Å². The number of hydrogen-bond acceptors (Lipinski definition) is 3. The highest BCUT2D eigenvalue weighted by Gasteiger charge is 2.37. The molecule has 0 aromatic rings. The van der Waals surface area contributed by atoms with E-state index in [1.807, 2.05) is 6.92 Å². The number of methoxy groups -OCH3 is 1. The highest BCUT2D eigenvalue weighted by Crippen LogP contribution is 2.25. The van der Waals surface area contributed by atoms with Crippen LogP contribution in [-0.4, -0.2) is 26.2 Å². The van der Waals surface area contributed by atoms with Crippen molar-refractivity contribution in [2.24, 2.45) is 5.41 Å². The molecular formula is C7H14ClNO2. The van der Waals surface area contributed by atoms with Gasteiger partial charge in [0.2, 0.25) is 0 Å². The van der Waals surface area contributed by atoms with Gasteiger partial charge in [-0.15, -0.1) is 12.4 Å². The Balaban J connectivity index is 0.000001000. The van der Waals surface area contributed by atoms with Crippen molar-refractivity contribution in [3.8, 4) is 0 Å². The van der Waals surface area contributed by atoms with Gasteiger partial charge in [-0.25, -0.2) is 0 Å². The normalized spacial score (nSPS) is 29.3. The van der Waals surface area contributed by atoms with Crippen LogP contribution in [0.15, 0.2) is 0 Å². The molecule has 11 heavy (non-hydrogen) atoms. The summed E-state index contributed by atoms with van der Waals surface area (Å²) in [5, 5.41) is 3.13. The molecule has 1 fully saturated rings. The first-order valence-corrected chi connectivity index (χ1v) is 3.48. The van der Waals surface area contributed by atoms with Crippen LogP contribution in [0.4, 0.5) is 0 Å². The van der Waals surface area contributed by atoms with Crippen LogP contribution in [0.2, 0.25) is 0 Å². The molecule has 1 rings (SSSR count). The molecule has 1 atom stereocenters. The van der Waals surface area contributed by atoms with E-state index in [1.54, 1.807) is 0 Å². The maximum absolute atomic E-state index is 11.1. The average molecular weight is 180 g/mol. The fourth-order valence-electron chi connectivity index (χ4n) is 1.24. The van der Waals surface area contributed by atoms with Gasteiger partial charge < -0.3 is 10.1 Å². The summed E-state index contributed by atoms with van der Waals surface area (Å²) in [5.74, 6) is -0.0995. The summed E-state index contributed by atoms with van der Waals surface area (Å²) in [6.45, 7) is 3.60. The lowest BCUT2D eigenvalue weighted by Gasteiger charge is -2.18. The second kappa shape index (κ2) is 3.93. The predicted molar refractivity (Wildman–Crippen MR) is 44.9 cm³/mol. The van der Waals surface area contributed by atoms with Crippen molar-refractivity contribution >= 4 is 18.4 Å². The molecule has 1 aliphatic heterocycles. The van der Waals surface area contributed by atoms with Gasteiger partial charge in [0.25, 0.3) is 0 Å². The third-order valence-electron chi connectivity index (χ3n) is 2.05. The van der Waals surface area contributed by atoms with Crippen molar-refractivity contribution in [2.45, 2.75) is 13.3 Å². The van der Waals surface area contributed by atoms with Crippen molar-refractivity contribution in [3.63, 3.8) is 0 Å². The molecule has 66 valence electrons. The quantitative estimate of drug-likeness (QED) is 0.599. The Bertz CT molecular complexity index is 143. The van der Waals surface area contributed by atoms with E-state index in [-0.39, 0.29) is 23.8 Å². The van der Waals surface area contributed by atoms with Gasteiger partial charge in [0.15, 0.2) is 0 Å². The average Bonchev–Trinajstić information content (AvgIpc) is 2.36. The number of rotatable bonds is 1.